The number of hydrogen-bond acceptors (Lipinski definition) is 3. The normalized spacial score (nSPS) is 24.1. The molecule has 0 radical (unpaired) electrons. The highest BCUT2D eigenvalue weighted by molar-refractivity contribution is 5.49. The summed E-state index contributed by atoms with van der Waals surface area (Å²) in [5.74, 6) is 1.08. The van der Waals surface area contributed by atoms with Gasteiger partial charge in [0.25, 0.3) is 0 Å². The standard InChI is InChI=1S/C11H18O3/c1-9(6-7-12)8-13-11-5-3-4-10(2)14-11/h7,9,11H,2-6,8H2,1H3. The monoisotopic (exact) mass is 198 g/mol. The van der Waals surface area contributed by atoms with Gasteiger partial charge in [0.15, 0.2) is 6.29 Å². The summed E-state index contributed by atoms with van der Waals surface area (Å²) in [6, 6.07) is 0. The molecule has 3 heteroatoms. The van der Waals surface area contributed by atoms with Gasteiger partial charge in [-0.2, -0.15) is 0 Å². The summed E-state index contributed by atoms with van der Waals surface area (Å²) in [7, 11) is 0. The highest BCUT2D eigenvalue weighted by atomic mass is 16.7. The van der Waals surface area contributed by atoms with Crippen molar-refractivity contribution in [2.75, 3.05) is 6.61 Å². The molecule has 1 fully saturated rings. The molecule has 0 aromatic heterocycles. The van der Waals surface area contributed by atoms with Crippen molar-refractivity contribution in [3.05, 3.63) is 12.3 Å². The van der Waals surface area contributed by atoms with Gasteiger partial charge in [-0.05, 0) is 12.3 Å². The molecule has 0 aromatic carbocycles. The first-order valence-electron chi connectivity index (χ1n) is 5.12. The smallest absolute Gasteiger partial charge is 0.199 e. The van der Waals surface area contributed by atoms with Crippen molar-refractivity contribution in [2.24, 2.45) is 5.92 Å². The van der Waals surface area contributed by atoms with E-state index >= 15 is 0 Å². The Kier molecular flexibility index (Phi) is 4.66. The van der Waals surface area contributed by atoms with Gasteiger partial charge in [-0.1, -0.05) is 13.5 Å². The topological polar surface area (TPSA) is 35.5 Å². The van der Waals surface area contributed by atoms with Gasteiger partial charge in [0, 0.05) is 19.3 Å². The lowest BCUT2D eigenvalue weighted by atomic mass is 10.1. The Labute approximate surface area is 85.1 Å². The third-order valence-electron chi connectivity index (χ3n) is 2.26. The molecular weight excluding hydrogens is 180 g/mol. The van der Waals surface area contributed by atoms with E-state index in [9.17, 15) is 4.79 Å². The van der Waals surface area contributed by atoms with Crippen LogP contribution in [0.25, 0.3) is 0 Å². The maximum Gasteiger partial charge on any atom is 0.199 e. The van der Waals surface area contributed by atoms with E-state index in [-0.39, 0.29) is 12.2 Å². The van der Waals surface area contributed by atoms with Crippen LogP contribution in [0.2, 0.25) is 0 Å². The van der Waals surface area contributed by atoms with Gasteiger partial charge in [0.1, 0.15) is 6.29 Å². The van der Waals surface area contributed by atoms with Crippen LogP contribution in [0.3, 0.4) is 0 Å². The Balaban J connectivity index is 2.16. The molecule has 1 aliphatic heterocycles. The molecule has 0 aliphatic carbocycles. The predicted molar refractivity (Wildman–Crippen MR) is 53.7 cm³/mol. The average Bonchev–Trinajstić information content (AvgIpc) is 2.15. The summed E-state index contributed by atoms with van der Waals surface area (Å²) in [5.41, 5.74) is 0. The van der Waals surface area contributed by atoms with Crippen LogP contribution in [0, 0.1) is 5.92 Å². The van der Waals surface area contributed by atoms with Crippen molar-refractivity contribution in [3.8, 4) is 0 Å². The molecule has 80 valence electrons. The lowest BCUT2D eigenvalue weighted by Crippen LogP contribution is -2.23. The van der Waals surface area contributed by atoms with Crippen LogP contribution in [0.15, 0.2) is 12.3 Å². The second-order valence-corrected chi connectivity index (χ2v) is 3.82. The molecule has 1 heterocycles. The summed E-state index contributed by atoms with van der Waals surface area (Å²) in [6.45, 7) is 6.34. The van der Waals surface area contributed by atoms with Crippen molar-refractivity contribution < 1.29 is 14.3 Å². The minimum atomic E-state index is -0.148. The Morgan fingerprint density at radius 1 is 1.79 bits per heavy atom. The maximum atomic E-state index is 10.2. The summed E-state index contributed by atoms with van der Waals surface area (Å²) >= 11 is 0. The number of aldehydes is 1. The molecule has 2 atom stereocenters. The van der Waals surface area contributed by atoms with Gasteiger partial charge in [-0.3, -0.25) is 0 Å². The third-order valence-corrected chi connectivity index (χ3v) is 2.26. The Bertz CT molecular complexity index is 201. The van der Waals surface area contributed by atoms with Crippen LogP contribution in [0.5, 0.6) is 0 Å². The first-order valence-corrected chi connectivity index (χ1v) is 5.12. The average molecular weight is 198 g/mol. The van der Waals surface area contributed by atoms with Crippen LogP contribution in [0.4, 0.5) is 0 Å². The van der Waals surface area contributed by atoms with E-state index in [0.717, 1.165) is 31.3 Å². The Morgan fingerprint density at radius 2 is 2.57 bits per heavy atom. The summed E-state index contributed by atoms with van der Waals surface area (Å²) < 4.78 is 10.9. The van der Waals surface area contributed by atoms with Crippen LogP contribution in [-0.2, 0) is 14.3 Å². The molecule has 1 saturated heterocycles. The van der Waals surface area contributed by atoms with Gasteiger partial charge in [-0.25, -0.2) is 0 Å². The summed E-state index contributed by atoms with van der Waals surface area (Å²) in [4.78, 5) is 10.2. The van der Waals surface area contributed by atoms with Gasteiger partial charge in [0.05, 0.1) is 12.4 Å². The zero-order valence-corrected chi connectivity index (χ0v) is 8.70. The molecule has 2 unspecified atom stereocenters. The molecular formula is C11H18O3. The second-order valence-electron chi connectivity index (χ2n) is 3.82. The molecule has 0 N–H and O–H groups in total. The number of carbonyl (C=O) groups excluding carboxylic acids is 1. The van der Waals surface area contributed by atoms with Gasteiger partial charge in [-0.15, -0.1) is 0 Å². The minimum absolute atomic E-state index is 0.148. The van der Waals surface area contributed by atoms with Crippen molar-refractivity contribution in [2.45, 2.75) is 38.9 Å². The first kappa shape index (κ1) is 11.2. The fourth-order valence-electron chi connectivity index (χ4n) is 1.39. The third kappa shape index (κ3) is 3.92. The number of allylic oxidation sites excluding steroid dienone is 1. The largest absolute Gasteiger partial charge is 0.470 e. The summed E-state index contributed by atoms with van der Waals surface area (Å²) in [5, 5.41) is 0. The predicted octanol–water partition coefficient (Wildman–Crippen LogP) is 2.27. The van der Waals surface area contributed by atoms with Crippen molar-refractivity contribution in [1.29, 1.82) is 0 Å². The van der Waals surface area contributed by atoms with E-state index in [4.69, 9.17) is 9.47 Å². The molecule has 14 heavy (non-hydrogen) atoms. The highest BCUT2D eigenvalue weighted by Crippen LogP contribution is 2.21. The SMILES string of the molecule is C=C1CCCC(OCC(C)CC=O)O1. The summed E-state index contributed by atoms with van der Waals surface area (Å²) in [6.07, 6.45) is 4.26. The lowest BCUT2D eigenvalue weighted by Gasteiger charge is -2.26. The number of hydrogen-bond donors (Lipinski definition) is 0. The Hall–Kier alpha value is -0.830. The van der Waals surface area contributed by atoms with E-state index in [0.29, 0.717) is 13.0 Å². The molecule has 0 aromatic rings. The maximum absolute atomic E-state index is 10.2. The lowest BCUT2D eigenvalue weighted by molar-refractivity contribution is -0.143. The molecule has 1 aliphatic rings. The number of ether oxygens (including phenoxy) is 2. The fraction of sp³-hybridized carbons (Fsp3) is 0.727. The van der Waals surface area contributed by atoms with Crippen molar-refractivity contribution in [3.63, 3.8) is 0 Å². The van der Waals surface area contributed by atoms with E-state index in [1.807, 2.05) is 6.92 Å². The Morgan fingerprint density at radius 3 is 3.21 bits per heavy atom. The molecule has 0 bridgehead atoms. The van der Waals surface area contributed by atoms with Crippen LogP contribution in [-0.4, -0.2) is 19.2 Å². The van der Waals surface area contributed by atoms with E-state index in [1.54, 1.807) is 0 Å². The van der Waals surface area contributed by atoms with Crippen LogP contribution < -0.4 is 0 Å². The van der Waals surface area contributed by atoms with Gasteiger partial charge >= 0.3 is 0 Å². The van der Waals surface area contributed by atoms with E-state index in [2.05, 4.69) is 6.58 Å². The minimum Gasteiger partial charge on any atom is -0.470 e. The second kappa shape index (κ2) is 5.81. The van der Waals surface area contributed by atoms with Crippen molar-refractivity contribution in [1.82, 2.24) is 0 Å². The molecule has 0 amide bonds. The first-order chi connectivity index (χ1) is 6.72. The van der Waals surface area contributed by atoms with Gasteiger partial charge in [0.2, 0.25) is 0 Å². The quantitative estimate of drug-likeness (QED) is 0.636. The van der Waals surface area contributed by atoms with Gasteiger partial charge < -0.3 is 14.3 Å². The zero-order chi connectivity index (χ0) is 10.4. The van der Waals surface area contributed by atoms with E-state index < -0.39 is 0 Å². The zero-order valence-electron chi connectivity index (χ0n) is 8.70. The molecule has 0 spiro atoms. The molecule has 0 saturated carbocycles. The van der Waals surface area contributed by atoms with Crippen LogP contribution in [0.1, 0.15) is 32.6 Å². The van der Waals surface area contributed by atoms with E-state index in [1.165, 1.54) is 0 Å². The van der Waals surface area contributed by atoms with Crippen molar-refractivity contribution >= 4 is 6.29 Å². The highest BCUT2D eigenvalue weighted by Gasteiger charge is 2.17. The number of carbonyl (C=O) groups is 1. The fourth-order valence-corrected chi connectivity index (χ4v) is 1.39. The molecule has 1 rings (SSSR count). The molecule has 3 nitrogen and oxygen atoms in total. The number of rotatable bonds is 5. The van der Waals surface area contributed by atoms with Crippen LogP contribution >= 0.6 is 0 Å².